The van der Waals surface area contributed by atoms with E-state index in [1.807, 2.05) is 38.6 Å². The molecular formula is C15H25N3O2S. The van der Waals surface area contributed by atoms with E-state index in [-0.39, 0.29) is 5.91 Å². The van der Waals surface area contributed by atoms with E-state index in [0.29, 0.717) is 17.9 Å². The van der Waals surface area contributed by atoms with Crippen LogP contribution in [-0.2, 0) is 11.3 Å². The molecule has 0 aliphatic heterocycles. The van der Waals surface area contributed by atoms with Crippen LogP contribution in [0.2, 0.25) is 0 Å². The van der Waals surface area contributed by atoms with E-state index in [2.05, 4.69) is 10.2 Å². The first-order valence-corrected chi connectivity index (χ1v) is 8.24. The molecule has 0 aromatic heterocycles. The second-order valence-corrected chi connectivity index (χ2v) is 6.14. The maximum absolute atomic E-state index is 12.1. The topological polar surface area (TPSA) is 67.6 Å². The van der Waals surface area contributed by atoms with E-state index in [1.54, 1.807) is 18.9 Å². The maximum Gasteiger partial charge on any atom is 0.241 e. The van der Waals surface area contributed by atoms with Crippen molar-refractivity contribution in [1.29, 1.82) is 0 Å². The van der Waals surface area contributed by atoms with Crippen molar-refractivity contribution >= 4 is 23.4 Å². The molecule has 21 heavy (non-hydrogen) atoms. The Kier molecular flexibility index (Phi) is 7.56. The maximum atomic E-state index is 12.1. The quantitative estimate of drug-likeness (QED) is 0.766. The Hall–Kier alpha value is -1.24. The number of thioether (sulfide) groups is 1. The monoisotopic (exact) mass is 311 g/mol. The van der Waals surface area contributed by atoms with Crippen molar-refractivity contribution in [2.75, 3.05) is 38.5 Å². The van der Waals surface area contributed by atoms with E-state index in [0.717, 1.165) is 17.9 Å². The van der Waals surface area contributed by atoms with Gasteiger partial charge in [-0.25, -0.2) is 0 Å². The lowest BCUT2D eigenvalue weighted by atomic mass is 10.1. The van der Waals surface area contributed by atoms with Gasteiger partial charge >= 0.3 is 0 Å². The summed E-state index contributed by atoms with van der Waals surface area (Å²) in [4.78, 5) is 14.2. The second-order valence-electron chi connectivity index (χ2n) is 5.15. The zero-order valence-corrected chi connectivity index (χ0v) is 14.0. The number of hydrogen-bond acceptors (Lipinski definition) is 5. The smallest absolute Gasteiger partial charge is 0.241 e. The van der Waals surface area contributed by atoms with E-state index < -0.39 is 6.04 Å². The van der Waals surface area contributed by atoms with E-state index >= 15 is 0 Å². The van der Waals surface area contributed by atoms with Gasteiger partial charge in [-0.1, -0.05) is 6.07 Å². The molecule has 0 heterocycles. The van der Waals surface area contributed by atoms with Crippen LogP contribution in [0.5, 0.6) is 5.75 Å². The van der Waals surface area contributed by atoms with Crippen molar-refractivity contribution in [3.63, 3.8) is 0 Å². The Labute approximate surface area is 131 Å². The SMILES string of the molecule is COc1ccc(CN(C)C)cc1NC(=O)[C@H](N)CCSC. The van der Waals surface area contributed by atoms with Crippen LogP contribution in [0, 0.1) is 0 Å². The van der Waals surface area contributed by atoms with Crippen LogP contribution in [0.25, 0.3) is 0 Å². The van der Waals surface area contributed by atoms with Crippen LogP contribution in [0.4, 0.5) is 5.69 Å². The van der Waals surface area contributed by atoms with Gasteiger partial charge in [-0.05, 0) is 50.2 Å². The van der Waals surface area contributed by atoms with Crippen molar-refractivity contribution in [2.45, 2.75) is 19.0 Å². The fourth-order valence-corrected chi connectivity index (χ4v) is 2.41. The molecule has 0 spiro atoms. The number of nitrogens with one attached hydrogen (secondary N) is 1. The van der Waals surface area contributed by atoms with Gasteiger partial charge in [-0.2, -0.15) is 11.8 Å². The minimum Gasteiger partial charge on any atom is -0.495 e. The number of nitrogens with two attached hydrogens (primary N) is 1. The standard InChI is InChI=1S/C15H25N3O2S/c1-18(2)10-11-5-6-14(20-3)13(9-11)17-15(19)12(16)7-8-21-4/h5-6,9,12H,7-8,10,16H2,1-4H3,(H,17,19)/t12-/m1/s1. The summed E-state index contributed by atoms with van der Waals surface area (Å²) in [6, 6.07) is 5.28. The van der Waals surface area contributed by atoms with Gasteiger partial charge in [-0.3, -0.25) is 4.79 Å². The van der Waals surface area contributed by atoms with Gasteiger partial charge in [0.25, 0.3) is 0 Å². The molecule has 0 unspecified atom stereocenters. The van der Waals surface area contributed by atoms with E-state index in [9.17, 15) is 4.79 Å². The lowest BCUT2D eigenvalue weighted by Gasteiger charge is -2.16. The highest BCUT2D eigenvalue weighted by molar-refractivity contribution is 7.98. The normalized spacial score (nSPS) is 12.3. The molecule has 0 aliphatic rings. The van der Waals surface area contributed by atoms with Gasteiger partial charge in [0.1, 0.15) is 5.75 Å². The molecule has 5 nitrogen and oxygen atoms in total. The summed E-state index contributed by atoms with van der Waals surface area (Å²) in [5, 5.41) is 2.87. The highest BCUT2D eigenvalue weighted by Crippen LogP contribution is 2.26. The minimum atomic E-state index is -0.500. The Balaban J connectivity index is 2.81. The summed E-state index contributed by atoms with van der Waals surface area (Å²) in [7, 11) is 5.59. The highest BCUT2D eigenvalue weighted by Gasteiger charge is 2.15. The predicted molar refractivity (Wildman–Crippen MR) is 90.0 cm³/mol. The largest absolute Gasteiger partial charge is 0.495 e. The van der Waals surface area contributed by atoms with Crippen molar-refractivity contribution in [3.05, 3.63) is 23.8 Å². The molecular weight excluding hydrogens is 286 g/mol. The molecule has 0 aliphatic carbocycles. The van der Waals surface area contributed by atoms with Crippen LogP contribution in [0.1, 0.15) is 12.0 Å². The zero-order chi connectivity index (χ0) is 15.8. The Morgan fingerprint density at radius 3 is 2.76 bits per heavy atom. The third kappa shape index (κ3) is 5.95. The minimum absolute atomic E-state index is 0.177. The molecule has 118 valence electrons. The van der Waals surface area contributed by atoms with Gasteiger partial charge in [0, 0.05) is 6.54 Å². The summed E-state index contributed by atoms with van der Waals surface area (Å²) in [5.41, 5.74) is 7.66. The third-order valence-electron chi connectivity index (χ3n) is 2.99. The number of ether oxygens (including phenoxy) is 1. The zero-order valence-electron chi connectivity index (χ0n) is 13.2. The number of nitrogens with zero attached hydrogens (tertiary/aromatic N) is 1. The molecule has 0 fully saturated rings. The summed E-state index contributed by atoms with van der Waals surface area (Å²) in [6.45, 7) is 0.797. The summed E-state index contributed by atoms with van der Waals surface area (Å²) < 4.78 is 5.29. The number of anilines is 1. The lowest BCUT2D eigenvalue weighted by molar-refractivity contribution is -0.117. The first kappa shape index (κ1) is 17.8. The van der Waals surface area contributed by atoms with E-state index in [1.165, 1.54) is 0 Å². The van der Waals surface area contributed by atoms with Crippen LogP contribution in [0.15, 0.2) is 18.2 Å². The first-order valence-electron chi connectivity index (χ1n) is 6.85. The first-order chi connectivity index (χ1) is 9.97. The molecule has 1 rings (SSSR count). The fraction of sp³-hybridized carbons (Fsp3) is 0.533. The van der Waals surface area contributed by atoms with Gasteiger partial charge in [0.2, 0.25) is 5.91 Å². The van der Waals surface area contributed by atoms with Crippen molar-refractivity contribution < 1.29 is 9.53 Å². The van der Waals surface area contributed by atoms with Crippen molar-refractivity contribution in [1.82, 2.24) is 4.90 Å². The lowest BCUT2D eigenvalue weighted by Crippen LogP contribution is -2.36. The molecule has 1 aromatic carbocycles. The molecule has 1 aromatic rings. The molecule has 1 atom stereocenters. The average Bonchev–Trinajstić information content (AvgIpc) is 2.44. The fourth-order valence-electron chi connectivity index (χ4n) is 1.92. The summed E-state index contributed by atoms with van der Waals surface area (Å²) in [5.74, 6) is 1.33. The van der Waals surface area contributed by atoms with Crippen LogP contribution >= 0.6 is 11.8 Å². The van der Waals surface area contributed by atoms with Crippen molar-refractivity contribution in [3.8, 4) is 5.75 Å². The number of benzene rings is 1. The van der Waals surface area contributed by atoms with Crippen LogP contribution < -0.4 is 15.8 Å². The van der Waals surface area contributed by atoms with Gasteiger partial charge in [-0.15, -0.1) is 0 Å². The average molecular weight is 311 g/mol. The van der Waals surface area contributed by atoms with Gasteiger partial charge in [0.15, 0.2) is 0 Å². The number of carbonyl (C=O) groups excluding carboxylic acids is 1. The number of rotatable bonds is 8. The molecule has 6 heteroatoms. The molecule has 1 amide bonds. The summed E-state index contributed by atoms with van der Waals surface area (Å²) in [6.07, 6.45) is 2.66. The second kappa shape index (κ2) is 8.92. The number of hydrogen-bond donors (Lipinski definition) is 2. The molecule has 0 radical (unpaired) electrons. The molecule has 0 bridgehead atoms. The number of amides is 1. The molecule has 0 saturated heterocycles. The van der Waals surface area contributed by atoms with Crippen LogP contribution in [-0.4, -0.2) is 50.1 Å². The predicted octanol–water partition coefficient (Wildman–Crippen LogP) is 1.78. The number of carbonyl (C=O) groups is 1. The Bertz CT molecular complexity index is 466. The third-order valence-corrected chi connectivity index (χ3v) is 3.63. The van der Waals surface area contributed by atoms with Crippen LogP contribution in [0.3, 0.4) is 0 Å². The van der Waals surface area contributed by atoms with Gasteiger partial charge in [0.05, 0.1) is 18.8 Å². The number of methoxy groups -OCH3 is 1. The van der Waals surface area contributed by atoms with Crippen molar-refractivity contribution in [2.24, 2.45) is 5.73 Å². The Morgan fingerprint density at radius 1 is 1.48 bits per heavy atom. The molecule has 3 N–H and O–H groups in total. The Morgan fingerprint density at radius 2 is 2.19 bits per heavy atom. The van der Waals surface area contributed by atoms with E-state index in [4.69, 9.17) is 10.5 Å². The molecule has 0 saturated carbocycles. The summed E-state index contributed by atoms with van der Waals surface area (Å²) >= 11 is 1.68. The highest BCUT2D eigenvalue weighted by atomic mass is 32.2. The van der Waals surface area contributed by atoms with Gasteiger partial charge < -0.3 is 20.7 Å².